The van der Waals surface area contributed by atoms with Crippen molar-refractivity contribution in [3.05, 3.63) is 34.9 Å². The van der Waals surface area contributed by atoms with Crippen molar-refractivity contribution in [1.29, 1.82) is 0 Å². The molecule has 1 aromatic rings. The number of carbonyl (C=O) groups excluding carboxylic acids is 1. The number of halogens is 4. The standard InChI is InChI=1S/C16H20ClF3N2O/c1-15(2)10-22(21-14(15)23)13(16(18,19)20)9-5-7-11-6-3-4-8-12(11)17/h3-4,6,8,13H,5,7,9-10H2,1-2H3,(H,21,23). The van der Waals surface area contributed by atoms with Gasteiger partial charge in [-0.05, 0) is 44.7 Å². The maximum Gasteiger partial charge on any atom is 0.405 e. The highest BCUT2D eigenvalue weighted by Gasteiger charge is 2.49. The highest BCUT2D eigenvalue weighted by atomic mass is 35.5. The molecule has 23 heavy (non-hydrogen) atoms. The highest BCUT2D eigenvalue weighted by Crippen LogP contribution is 2.33. The van der Waals surface area contributed by atoms with Crippen molar-refractivity contribution < 1.29 is 18.0 Å². The number of carbonyl (C=O) groups is 1. The monoisotopic (exact) mass is 348 g/mol. The highest BCUT2D eigenvalue weighted by molar-refractivity contribution is 6.31. The molecule has 3 nitrogen and oxygen atoms in total. The molecule has 1 fully saturated rings. The number of nitrogens with one attached hydrogen (secondary N) is 1. The second kappa shape index (κ2) is 6.69. The van der Waals surface area contributed by atoms with Gasteiger partial charge in [0, 0.05) is 11.6 Å². The molecule has 0 saturated carbocycles. The van der Waals surface area contributed by atoms with E-state index < -0.39 is 17.6 Å². The molecule has 1 saturated heterocycles. The van der Waals surface area contributed by atoms with E-state index in [0.717, 1.165) is 10.6 Å². The molecular weight excluding hydrogens is 329 g/mol. The normalized spacial score (nSPS) is 19.7. The number of aryl methyl sites for hydroxylation is 1. The molecule has 1 atom stereocenters. The largest absolute Gasteiger partial charge is 0.405 e. The lowest BCUT2D eigenvalue weighted by Crippen LogP contribution is -2.50. The van der Waals surface area contributed by atoms with Gasteiger partial charge in [-0.1, -0.05) is 29.8 Å². The summed E-state index contributed by atoms with van der Waals surface area (Å²) < 4.78 is 40.0. The molecule has 1 N–H and O–H groups in total. The number of alkyl halides is 3. The van der Waals surface area contributed by atoms with Crippen LogP contribution in [0.2, 0.25) is 5.02 Å². The number of benzene rings is 1. The zero-order valence-electron chi connectivity index (χ0n) is 13.1. The fourth-order valence-corrected chi connectivity index (χ4v) is 2.92. The second-order valence-corrected chi connectivity index (χ2v) is 6.90. The van der Waals surface area contributed by atoms with Crippen LogP contribution in [0.25, 0.3) is 0 Å². The molecule has 0 bridgehead atoms. The third-order valence-electron chi connectivity index (χ3n) is 4.06. The first kappa shape index (κ1) is 18.1. The van der Waals surface area contributed by atoms with Gasteiger partial charge in [-0.15, -0.1) is 0 Å². The summed E-state index contributed by atoms with van der Waals surface area (Å²) in [6, 6.07) is 5.45. The maximum absolute atomic E-state index is 13.3. The Kier molecular flexibility index (Phi) is 5.26. The predicted octanol–water partition coefficient (Wildman–Crippen LogP) is 3.97. The molecular formula is C16H20ClF3N2O. The smallest absolute Gasteiger partial charge is 0.288 e. The Hall–Kier alpha value is -1.27. The van der Waals surface area contributed by atoms with E-state index in [4.69, 9.17) is 11.6 Å². The molecule has 0 spiro atoms. The number of rotatable bonds is 5. The lowest BCUT2D eigenvalue weighted by Gasteiger charge is -2.29. The van der Waals surface area contributed by atoms with Crippen molar-refractivity contribution >= 4 is 17.5 Å². The average molecular weight is 349 g/mol. The van der Waals surface area contributed by atoms with Crippen molar-refractivity contribution in [2.24, 2.45) is 5.41 Å². The van der Waals surface area contributed by atoms with E-state index in [9.17, 15) is 18.0 Å². The minimum atomic E-state index is -4.39. The maximum atomic E-state index is 13.3. The van der Waals surface area contributed by atoms with Gasteiger partial charge in [0.1, 0.15) is 6.04 Å². The third kappa shape index (κ3) is 4.38. The van der Waals surface area contributed by atoms with Gasteiger partial charge >= 0.3 is 6.18 Å². The van der Waals surface area contributed by atoms with E-state index in [2.05, 4.69) is 5.43 Å². The van der Waals surface area contributed by atoms with Gasteiger partial charge in [0.2, 0.25) is 5.91 Å². The van der Waals surface area contributed by atoms with Crippen LogP contribution in [-0.2, 0) is 11.2 Å². The first-order valence-electron chi connectivity index (χ1n) is 7.49. The fraction of sp³-hybridized carbons (Fsp3) is 0.562. The van der Waals surface area contributed by atoms with Crippen LogP contribution in [0.5, 0.6) is 0 Å². The van der Waals surface area contributed by atoms with E-state index in [0.29, 0.717) is 17.9 Å². The molecule has 128 valence electrons. The average Bonchev–Trinajstić information content (AvgIpc) is 2.69. The lowest BCUT2D eigenvalue weighted by atomic mass is 9.94. The molecule has 1 aromatic carbocycles. The summed E-state index contributed by atoms with van der Waals surface area (Å²) in [5, 5.41) is 1.58. The van der Waals surface area contributed by atoms with Gasteiger partial charge in [0.15, 0.2) is 0 Å². The molecule has 1 amide bonds. The van der Waals surface area contributed by atoms with Crippen molar-refractivity contribution in [3.8, 4) is 0 Å². The topological polar surface area (TPSA) is 32.3 Å². The number of hydrogen-bond donors (Lipinski definition) is 1. The number of amides is 1. The summed E-state index contributed by atoms with van der Waals surface area (Å²) in [7, 11) is 0. The second-order valence-electron chi connectivity index (χ2n) is 6.49. The summed E-state index contributed by atoms with van der Waals surface area (Å²) >= 11 is 6.02. The Morgan fingerprint density at radius 2 is 2.00 bits per heavy atom. The summed E-state index contributed by atoms with van der Waals surface area (Å²) in [5.74, 6) is -0.377. The minimum absolute atomic E-state index is 0.0438. The van der Waals surface area contributed by atoms with E-state index >= 15 is 0 Å². The predicted molar refractivity (Wildman–Crippen MR) is 82.9 cm³/mol. The molecule has 0 aromatic heterocycles. The van der Waals surface area contributed by atoms with Crippen LogP contribution in [0.4, 0.5) is 13.2 Å². The van der Waals surface area contributed by atoms with Gasteiger partial charge in [0.25, 0.3) is 0 Å². The van der Waals surface area contributed by atoms with Crippen LogP contribution in [0.15, 0.2) is 24.3 Å². The Morgan fingerprint density at radius 1 is 1.35 bits per heavy atom. The Morgan fingerprint density at radius 3 is 2.52 bits per heavy atom. The van der Waals surface area contributed by atoms with E-state index in [1.807, 2.05) is 12.1 Å². The van der Waals surface area contributed by atoms with Crippen molar-refractivity contribution in [2.45, 2.75) is 45.3 Å². The molecule has 7 heteroatoms. The summed E-state index contributed by atoms with van der Waals surface area (Å²) in [5.41, 5.74) is 2.38. The van der Waals surface area contributed by atoms with Crippen LogP contribution in [-0.4, -0.2) is 29.7 Å². The van der Waals surface area contributed by atoms with Gasteiger partial charge in [-0.25, -0.2) is 5.01 Å². The number of hydrazine groups is 1. The molecule has 1 aliphatic heterocycles. The Balaban J connectivity index is 2.01. The van der Waals surface area contributed by atoms with E-state index in [-0.39, 0.29) is 18.9 Å². The van der Waals surface area contributed by atoms with Crippen molar-refractivity contribution in [3.63, 3.8) is 0 Å². The van der Waals surface area contributed by atoms with Crippen LogP contribution in [0.1, 0.15) is 32.3 Å². The first-order chi connectivity index (χ1) is 10.6. The zero-order valence-corrected chi connectivity index (χ0v) is 13.8. The van der Waals surface area contributed by atoms with Gasteiger partial charge in [-0.2, -0.15) is 13.2 Å². The van der Waals surface area contributed by atoms with E-state index in [1.54, 1.807) is 26.0 Å². The third-order valence-corrected chi connectivity index (χ3v) is 4.43. The molecule has 0 radical (unpaired) electrons. The SMILES string of the molecule is CC1(C)CN(C(CCCc2ccccc2Cl)C(F)(F)F)NC1=O. The lowest BCUT2D eigenvalue weighted by molar-refractivity contribution is -0.190. The first-order valence-corrected chi connectivity index (χ1v) is 7.87. The van der Waals surface area contributed by atoms with Gasteiger partial charge in [0.05, 0.1) is 5.41 Å². The summed E-state index contributed by atoms with van der Waals surface area (Å²) in [4.78, 5) is 11.7. The Labute approximate surface area is 138 Å². The Bertz CT molecular complexity index is 575. The quantitative estimate of drug-likeness (QED) is 0.873. The molecule has 1 unspecified atom stereocenters. The molecule has 1 heterocycles. The van der Waals surface area contributed by atoms with Crippen molar-refractivity contribution in [2.75, 3.05) is 6.54 Å². The van der Waals surface area contributed by atoms with Gasteiger partial charge < -0.3 is 0 Å². The zero-order chi connectivity index (χ0) is 17.3. The minimum Gasteiger partial charge on any atom is -0.288 e. The van der Waals surface area contributed by atoms with Crippen LogP contribution >= 0.6 is 11.6 Å². The molecule has 2 rings (SSSR count). The van der Waals surface area contributed by atoms with Crippen LogP contribution in [0.3, 0.4) is 0 Å². The number of hydrogen-bond acceptors (Lipinski definition) is 2. The van der Waals surface area contributed by atoms with Crippen LogP contribution in [0, 0.1) is 5.41 Å². The fourth-order valence-electron chi connectivity index (χ4n) is 2.69. The van der Waals surface area contributed by atoms with E-state index in [1.165, 1.54) is 0 Å². The van der Waals surface area contributed by atoms with Gasteiger partial charge in [-0.3, -0.25) is 10.2 Å². The van der Waals surface area contributed by atoms with Crippen molar-refractivity contribution in [1.82, 2.24) is 10.4 Å². The number of nitrogens with zero attached hydrogens (tertiary/aromatic N) is 1. The van der Waals surface area contributed by atoms with Crippen LogP contribution < -0.4 is 5.43 Å². The molecule has 1 aliphatic rings. The summed E-state index contributed by atoms with van der Waals surface area (Å²) in [6.45, 7) is 3.32. The summed E-state index contributed by atoms with van der Waals surface area (Å²) in [6.07, 6.45) is -3.68. The molecule has 0 aliphatic carbocycles.